The molecule has 1 unspecified atom stereocenters. The molecule has 3 heteroatoms. The minimum Gasteiger partial charge on any atom is -0.365 e. The topological polar surface area (TPSA) is 50.1 Å². The van der Waals surface area contributed by atoms with Crippen LogP contribution in [0.15, 0.2) is 54.6 Å². The monoisotopic (exact) mass is 321 g/mol. The zero-order valence-electron chi connectivity index (χ0n) is 14.2. The average molecular weight is 321 g/mol. The second-order valence-corrected chi connectivity index (χ2v) is 6.20. The number of ether oxygens (including phenoxy) is 1. The number of rotatable bonds is 8. The van der Waals surface area contributed by atoms with Gasteiger partial charge in [0, 0.05) is 12.0 Å². The van der Waals surface area contributed by atoms with Gasteiger partial charge in [-0.15, -0.1) is 0 Å². The number of carbonyl (C=O) groups excluding carboxylic acids is 1. The summed E-state index contributed by atoms with van der Waals surface area (Å²) < 4.78 is 5.95. The van der Waals surface area contributed by atoms with Gasteiger partial charge >= 0.3 is 0 Å². The van der Waals surface area contributed by atoms with Gasteiger partial charge in [-0.25, -0.2) is 0 Å². The zero-order chi connectivity index (χ0) is 17.4. The zero-order valence-corrected chi connectivity index (χ0v) is 14.2. The van der Waals surface area contributed by atoms with Gasteiger partial charge in [0.05, 0.1) is 12.7 Å². The van der Waals surface area contributed by atoms with Crippen molar-refractivity contribution >= 4 is 5.78 Å². The van der Waals surface area contributed by atoms with Gasteiger partial charge in [-0.1, -0.05) is 68.4 Å². The molecule has 0 bridgehead atoms. The molecule has 0 aliphatic carbocycles. The van der Waals surface area contributed by atoms with Crippen LogP contribution in [0.3, 0.4) is 0 Å². The molecule has 1 atom stereocenters. The molecule has 0 aliphatic heterocycles. The number of carbonyl (C=O) groups is 1. The van der Waals surface area contributed by atoms with Gasteiger partial charge in [0.15, 0.2) is 5.78 Å². The Hall–Kier alpha value is -2.44. The number of aryl methyl sites for hydroxylation is 1. The lowest BCUT2D eigenvalue weighted by atomic mass is 9.94. The number of nitrogens with zero attached hydrogens (tertiary/aromatic N) is 1. The first-order valence-electron chi connectivity index (χ1n) is 8.29. The van der Waals surface area contributed by atoms with Gasteiger partial charge < -0.3 is 4.74 Å². The third kappa shape index (κ3) is 4.78. The molecular formula is C21H23NO2. The molecule has 0 amide bonds. The van der Waals surface area contributed by atoms with Crippen LogP contribution in [0.5, 0.6) is 0 Å². The number of nitriles is 1. The lowest BCUT2D eigenvalue weighted by Crippen LogP contribution is -2.20. The van der Waals surface area contributed by atoms with Crippen molar-refractivity contribution in [2.24, 2.45) is 5.92 Å². The number of Topliss-reactive ketones (excluding diaryl/α,β-unsaturated/α-hetero) is 1. The Bertz CT molecular complexity index is 701. The summed E-state index contributed by atoms with van der Waals surface area (Å²) in [5.41, 5.74) is 2.40. The molecule has 0 saturated carbocycles. The van der Waals surface area contributed by atoms with E-state index in [2.05, 4.69) is 19.9 Å². The summed E-state index contributed by atoms with van der Waals surface area (Å²) in [7, 11) is 0. The Balaban J connectivity index is 2.33. The summed E-state index contributed by atoms with van der Waals surface area (Å²) >= 11 is 0. The quantitative estimate of drug-likeness (QED) is 0.660. The molecule has 0 saturated heterocycles. The van der Waals surface area contributed by atoms with Crippen LogP contribution >= 0.6 is 0 Å². The molecule has 2 rings (SSSR count). The molecule has 2 aromatic carbocycles. The van der Waals surface area contributed by atoms with E-state index in [1.165, 1.54) is 0 Å². The van der Waals surface area contributed by atoms with Crippen molar-refractivity contribution < 1.29 is 9.53 Å². The SMILES string of the molecule is CC(C)COC(C(=O)c1ccccc1CCC#N)c1ccccc1. The Kier molecular flexibility index (Phi) is 6.72. The fraction of sp³-hybridized carbons (Fsp3) is 0.333. The Labute approximate surface area is 143 Å². The minimum atomic E-state index is -0.614. The first-order chi connectivity index (χ1) is 11.6. The molecule has 0 fully saturated rings. The van der Waals surface area contributed by atoms with Crippen molar-refractivity contribution in [3.63, 3.8) is 0 Å². The fourth-order valence-electron chi connectivity index (χ4n) is 2.55. The lowest BCUT2D eigenvalue weighted by Gasteiger charge is -2.20. The van der Waals surface area contributed by atoms with E-state index in [1.807, 2.05) is 54.6 Å². The molecule has 24 heavy (non-hydrogen) atoms. The van der Waals surface area contributed by atoms with Crippen LogP contribution in [0.25, 0.3) is 0 Å². The van der Waals surface area contributed by atoms with Crippen molar-refractivity contribution in [1.82, 2.24) is 0 Å². The van der Waals surface area contributed by atoms with Crippen LogP contribution in [0.4, 0.5) is 0 Å². The lowest BCUT2D eigenvalue weighted by molar-refractivity contribution is 0.0307. The number of ketones is 1. The standard InChI is InChI=1S/C21H23NO2/c1-16(2)15-24-21(18-10-4-3-5-11-18)20(23)19-13-7-6-9-17(19)12-8-14-22/h3-7,9-11,13,16,21H,8,12,15H2,1-2H3. The first-order valence-corrected chi connectivity index (χ1v) is 8.29. The fourth-order valence-corrected chi connectivity index (χ4v) is 2.55. The van der Waals surface area contributed by atoms with Crippen LogP contribution in [-0.4, -0.2) is 12.4 Å². The van der Waals surface area contributed by atoms with E-state index in [4.69, 9.17) is 10.00 Å². The van der Waals surface area contributed by atoms with Gasteiger partial charge in [0.25, 0.3) is 0 Å². The highest BCUT2D eigenvalue weighted by Gasteiger charge is 2.24. The second-order valence-electron chi connectivity index (χ2n) is 6.20. The Morgan fingerprint density at radius 1 is 1.08 bits per heavy atom. The van der Waals surface area contributed by atoms with Gasteiger partial charge in [-0.3, -0.25) is 4.79 Å². The average Bonchev–Trinajstić information content (AvgIpc) is 2.61. The van der Waals surface area contributed by atoms with E-state index in [0.717, 1.165) is 11.1 Å². The van der Waals surface area contributed by atoms with E-state index in [9.17, 15) is 4.79 Å². The molecule has 0 heterocycles. The predicted molar refractivity (Wildman–Crippen MR) is 94.7 cm³/mol. The maximum Gasteiger partial charge on any atom is 0.196 e. The van der Waals surface area contributed by atoms with Gasteiger partial charge in [0.1, 0.15) is 6.10 Å². The molecule has 0 spiro atoms. The van der Waals surface area contributed by atoms with Gasteiger partial charge in [0.2, 0.25) is 0 Å². The number of hydrogen-bond donors (Lipinski definition) is 0. The summed E-state index contributed by atoms with van der Waals surface area (Å²) in [6, 6.07) is 19.2. The minimum absolute atomic E-state index is 0.0459. The molecule has 124 valence electrons. The maximum atomic E-state index is 13.1. The van der Waals surface area contributed by atoms with Crippen LogP contribution in [-0.2, 0) is 11.2 Å². The summed E-state index contributed by atoms with van der Waals surface area (Å²) in [6.07, 6.45) is 0.355. The van der Waals surface area contributed by atoms with E-state index >= 15 is 0 Å². The van der Waals surface area contributed by atoms with E-state index < -0.39 is 6.10 Å². The Morgan fingerprint density at radius 3 is 2.42 bits per heavy atom. The molecule has 0 aromatic heterocycles. The van der Waals surface area contributed by atoms with E-state index in [1.54, 1.807) is 0 Å². The van der Waals surface area contributed by atoms with Crippen molar-refractivity contribution in [2.75, 3.05) is 6.61 Å². The van der Waals surface area contributed by atoms with Crippen molar-refractivity contribution in [3.05, 3.63) is 71.3 Å². The molecule has 0 aliphatic rings. The summed E-state index contributed by atoms with van der Waals surface area (Å²) in [5, 5.41) is 8.83. The van der Waals surface area contributed by atoms with Crippen LogP contribution in [0.1, 0.15) is 47.9 Å². The largest absolute Gasteiger partial charge is 0.365 e. The first kappa shape index (κ1) is 17.9. The van der Waals surface area contributed by atoms with Crippen molar-refractivity contribution in [3.8, 4) is 6.07 Å². The summed E-state index contributed by atoms with van der Waals surface area (Å²) in [4.78, 5) is 13.1. The van der Waals surface area contributed by atoms with Gasteiger partial charge in [-0.05, 0) is 23.5 Å². The third-order valence-corrected chi connectivity index (χ3v) is 3.73. The smallest absolute Gasteiger partial charge is 0.196 e. The van der Waals surface area contributed by atoms with E-state index in [-0.39, 0.29) is 5.78 Å². The Morgan fingerprint density at radius 2 is 1.75 bits per heavy atom. The second kappa shape index (κ2) is 9.00. The van der Waals surface area contributed by atoms with Crippen molar-refractivity contribution in [2.45, 2.75) is 32.8 Å². The van der Waals surface area contributed by atoms with Gasteiger partial charge in [-0.2, -0.15) is 5.26 Å². The highest BCUT2D eigenvalue weighted by molar-refractivity contribution is 6.01. The maximum absolute atomic E-state index is 13.1. The molecular weight excluding hydrogens is 298 g/mol. The molecule has 3 nitrogen and oxygen atoms in total. The van der Waals surface area contributed by atoms with Crippen LogP contribution in [0, 0.1) is 17.2 Å². The molecule has 0 N–H and O–H groups in total. The van der Waals surface area contributed by atoms with Crippen molar-refractivity contribution in [1.29, 1.82) is 5.26 Å². The van der Waals surface area contributed by atoms with Crippen LogP contribution in [0.2, 0.25) is 0 Å². The van der Waals surface area contributed by atoms with Crippen LogP contribution < -0.4 is 0 Å². The summed E-state index contributed by atoms with van der Waals surface area (Å²) in [5.74, 6) is 0.299. The highest BCUT2D eigenvalue weighted by Crippen LogP contribution is 2.25. The number of hydrogen-bond acceptors (Lipinski definition) is 3. The molecule has 0 radical (unpaired) electrons. The third-order valence-electron chi connectivity index (χ3n) is 3.73. The summed E-state index contributed by atoms with van der Waals surface area (Å²) in [6.45, 7) is 4.65. The number of benzene rings is 2. The highest BCUT2D eigenvalue weighted by atomic mass is 16.5. The van der Waals surface area contributed by atoms with E-state index in [0.29, 0.717) is 30.9 Å². The predicted octanol–water partition coefficient (Wildman–Crippen LogP) is 4.74. The normalized spacial score (nSPS) is 11.9. The molecule has 2 aromatic rings.